The van der Waals surface area contributed by atoms with E-state index in [1.54, 1.807) is 0 Å². The van der Waals surface area contributed by atoms with E-state index in [9.17, 15) is 0 Å². The maximum absolute atomic E-state index is 5.48. The van der Waals surface area contributed by atoms with Gasteiger partial charge in [0.15, 0.2) is 0 Å². The predicted molar refractivity (Wildman–Crippen MR) is 40.6 cm³/mol. The highest BCUT2D eigenvalue weighted by molar-refractivity contribution is 4.64. The van der Waals surface area contributed by atoms with E-state index in [0.29, 0.717) is 6.10 Å². The zero-order valence-electron chi connectivity index (χ0n) is 6.23. The van der Waals surface area contributed by atoms with Crippen molar-refractivity contribution in [3.63, 3.8) is 0 Å². The molecule has 1 aliphatic rings. The van der Waals surface area contributed by atoms with Crippen molar-refractivity contribution in [1.82, 2.24) is 0 Å². The average molecular weight is 130 g/mol. The average Bonchev–Trinajstić information content (AvgIpc) is 1.91. The highest BCUT2D eigenvalue weighted by Crippen LogP contribution is 2.19. The van der Waals surface area contributed by atoms with E-state index in [0.717, 1.165) is 6.61 Å². The molecule has 1 saturated carbocycles. The van der Waals surface area contributed by atoms with Gasteiger partial charge in [-0.15, -0.1) is 0 Å². The van der Waals surface area contributed by atoms with Gasteiger partial charge in [-0.1, -0.05) is 19.3 Å². The summed E-state index contributed by atoms with van der Waals surface area (Å²) in [6.07, 6.45) is 7.38. The molecule has 9 heavy (non-hydrogen) atoms. The summed E-state index contributed by atoms with van der Waals surface area (Å²) < 4.78 is 5.48. The maximum atomic E-state index is 5.48. The van der Waals surface area contributed by atoms with E-state index >= 15 is 0 Å². The van der Waals surface area contributed by atoms with Crippen LogP contribution in [0.1, 0.15) is 40.5 Å². The lowest BCUT2D eigenvalue weighted by Crippen LogP contribution is -2.15. The van der Waals surface area contributed by atoms with Crippen LogP contribution in [0.3, 0.4) is 0 Å². The Balaban J connectivity index is 0.000000810. The number of rotatable bonds is 2. The Kier molecular flexibility index (Phi) is 3.05. The van der Waals surface area contributed by atoms with Crippen LogP contribution in [-0.4, -0.2) is 12.7 Å². The Morgan fingerprint density at radius 2 is 2.00 bits per heavy atom. The molecule has 1 heteroatoms. The first-order valence-electron chi connectivity index (χ1n) is 4.05. The molecule has 1 rings (SSSR count). The summed E-state index contributed by atoms with van der Waals surface area (Å²) in [5, 5.41) is 0. The molecule has 1 aliphatic carbocycles. The van der Waals surface area contributed by atoms with Crippen molar-refractivity contribution >= 4 is 0 Å². The lowest BCUT2D eigenvalue weighted by Gasteiger charge is -2.20. The van der Waals surface area contributed by atoms with Gasteiger partial charge in [-0.25, -0.2) is 0 Å². The summed E-state index contributed by atoms with van der Waals surface area (Å²) in [5.74, 6) is 0. The summed E-state index contributed by atoms with van der Waals surface area (Å²) in [6, 6.07) is 0. The summed E-state index contributed by atoms with van der Waals surface area (Å²) in [6.45, 7) is 2.97. The summed E-state index contributed by atoms with van der Waals surface area (Å²) >= 11 is 0. The number of hydrogen-bond acceptors (Lipinski definition) is 1. The minimum Gasteiger partial charge on any atom is -0.379 e. The molecule has 0 spiro atoms. The van der Waals surface area contributed by atoms with Gasteiger partial charge in [-0.3, -0.25) is 0 Å². The normalized spacial score (nSPS) is 22.3. The maximum Gasteiger partial charge on any atom is 0.0575 e. The Bertz CT molecular complexity index is 66.9. The molecule has 0 heterocycles. The molecule has 0 amide bonds. The molecule has 0 saturated heterocycles. The minimum atomic E-state index is 0. The highest BCUT2D eigenvalue weighted by atomic mass is 16.5. The fraction of sp³-hybridized carbons (Fsp3) is 1.00. The number of hydrogen-bond donors (Lipinski definition) is 0. The standard InChI is InChI=1S/C8H16O.H2/c1-2-9-8-6-4-3-5-7-8;/h8H,2-7H2,1H3;1H. The second kappa shape index (κ2) is 3.89. The zero-order valence-corrected chi connectivity index (χ0v) is 6.23. The molecule has 0 radical (unpaired) electrons. The first-order valence-corrected chi connectivity index (χ1v) is 4.05. The molecular formula is C8H18O. The van der Waals surface area contributed by atoms with Crippen LogP contribution in [0, 0.1) is 0 Å². The predicted octanol–water partition coefficient (Wildman–Crippen LogP) is 2.60. The van der Waals surface area contributed by atoms with E-state index in [-0.39, 0.29) is 1.43 Å². The van der Waals surface area contributed by atoms with Gasteiger partial charge in [0.25, 0.3) is 0 Å². The summed E-state index contributed by atoms with van der Waals surface area (Å²) in [5.41, 5.74) is 0. The monoisotopic (exact) mass is 130 g/mol. The van der Waals surface area contributed by atoms with Crippen molar-refractivity contribution < 1.29 is 6.16 Å². The Labute approximate surface area is 58.9 Å². The van der Waals surface area contributed by atoms with Gasteiger partial charge >= 0.3 is 0 Å². The molecule has 1 fully saturated rings. The SMILES string of the molecule is CCOC1CCCCC1.[HH]. The van der Waals surface area contributed by atoms with Gasteiger partial charge < -0.3 is 4.74 Å². The van der Waals surface area contributed by atoms with Crippen molar-refractivity contribution in [2.45, 2.75) is 45.1 Å². The van der Waals surface area contributed by atoms with Crippen molar-refractivity contribution in [3.05, 3.63) is 0 Å². The lowest BCUT2D eigenvalue weighted by atomic mass is 9.98. The Morgan fingerprint density at radius 3 is 2.56 bits per heavy atom. The molecule has 0 bridgehead atoms. The van der Waals surface area contributed by atoms with Crippen LogP contribution >= 0.6 is 0 Å². The molecule has 0 aromatic rings. The van der Waals surface area contributed by atoms with Crippen LogP contribution in [0.25, 0.3) is 0 Å². The van der Waals surface area contributed by atoms with Gasteiger partial charge in [0.2, 0.25) is 0 Å². The first-order chi connectivity index (χ1) is 4.43. The molecule has 0 aromatic heterocycles. The van der Waals surface area contributed by atoms with Crippen molar-refractivity contribution in [3.8, 4) is 0 Å². The van der Waals surface area contributed by atoms with E-state index in [2.05, 4.69) is 6.92 Å². The van der Waals surface area contributed by atoms with Gasteiger partial charge in [0.05, 0.1) is 6.10 Å². The third-order valence-electron chi connectivity index (χ3n) is 1.95. The van der Waals surface area contributed by atoms with Crippen molar-refractivity contribution in [2.24, 2.45) is 0 Å². The quantitative estimate of drug-likeness (QED) is 0.558. The van der Waals surface area contributed by atoms with Gasteiger partial charge in [-0.05, 0) is 19.8 Å². The second-order valence-corrected chi connectivity index (χ2v) is 2.72. The van der Waals surface area contributed by atoms with E-state index in [1.807, 2.05) is 0 Å². The van der Waals surface area contributed by atoms with Crippen LogP contribution in [0.5, 0.6) is 0 Å². The fourth-order valence-corrected chi connectivity index (χ4v) is 1.47. The summed E-state index contributed by atoms with van der Waals surface area (Å²) in [7, 11) is 0. The largest absolute Gasteiger partial charge is 0.379 e. The molecule has 0 atom stereocenters. The van der Waals surface area contributed by atoms with Gasteiger partial charge in [-0.2, -0.15) is 0 Å². The van der Waals surface area contributed by atoms with Crippen molar-refractivity contribution in [2.75, 3.05) is 6.61 Å². The molecule has 1 nitrogen and oxygen atoms in total. The topological polar surface area (TPSA) is 9.23 Å². The molecule has 0 aromatic carbocycles. The molecule has 0 N–H and O–H groups in total. The van der Waals surface area contributed by atoms with Gasteiger partial charge in [0.1, 0.15) is 0 Å². The van der Waals surface area contributed by atoms with E-state index in [1.165, 1.54) is 32.1 Å². The van der Waals surface area contributed by atoms with Crippen LogP contribution in [-0.2, 0) is 4.74 Å². The Morgan fingerprint density at radius 1 is 1.33 bits per heavy atom. The third kappa shape index (κ3) is 2.35. The lowest BCUT2D eigenvalue weighted by molar-refractivity contribution is 0.0368. The second-order valence-electron chi connectivity index (χ2n) is 2.72. The third-order valence-corrected chi connectivity index (χ3v) is 1.95. The minimum absolute atomic E-state index is 0. The van der Waals surface area contributed by atoms with E-state index < -0.39 is 0 Å². The molecule has 56 valence electrons. The fourth-order valence-electron chi connectivity index (χ4n) is 1.47. The highest BCUT2D eigenvalue weighted by Gasteiger charge is 2.11. The van der Waals surface area contributed by atoms with Crippen LogP contribution in [0.2, 0.25) is 0 Å². The molecular weight excluding hydrogens is 112 g/mol. The summed E-state index contributed by atoms with van der Waals surface area (Å²) in [4.78, 5) is 0. The zero-order chi connectivity index (χ0) is 6.53. The molecule has 0 unspecified atom stereocenters. The Hall–Kier alpha value is -0.0400. The van der Waals surface area contributed by atoms with E-state index in [4.69, 9.17) is 4.74 Å². The van der Waals surface area contributed by atoms with Crippen molar-refractivity contribution in [1.29, 1.82) is 0 Å². The number of ether oxygens (including phenoxy) is 1. The van der Waals surface area contributed by atoms with Gasteiger partial charge in [0, 0.05) is 8.03 Å². The smallest absolute Gasteiger partial charge is 0.0575 e. The van der Waals surface area contributed by atoms with Crippen LogP contribution in [0.4, 0.5) is 0 Å². The van der Waals surface area contributed by atoms with Crippen LogP contribution < -0.4 is 0 Å². The molecule has 0 aliphatic heterocycles. The van der Waals surface area contributed by atoms with Crippen LogP contribution in [0.15, 0.2) is 0 Å². The first kappa shape index (κ1) is 7.07.